The summed E-state index contributed by atoms with van der Waals surface area (Å²) in [4.78, 5) is -0.0136. The van der Waals surface area contributed by atoms with E-state index in [4.69, 9.17) is 9.29 Å². The first-order valence-corrected chi connectivity index (χ1v) is 7.63. The lowest BCUT2D eigenvalue weighted by molar-refractivity contribution is -0.0278. The van der Waals surface area contributed by atoms with Crippen molar-refractivity contribution in [3.63, 3.8) is 0 Å². The van der Waals surface area contributed by atoms with E-state index in [0.717, 1.165) is 5.56 Å². The van der Waals surface area contributed by atoms with Crippen LogP contribution in [0.1, 0.15) is 18.9 Å². The van der Waals surface area contributed by atoms with E-state index in [1.807, 2.05) is 6.92 Å². The van der Waals surface area contributed by atoms with Gasteiger partial charge in [-0.05, 0) is 26.0 Å². The molecule has 0 aromatic heterocycles. The first-order chi connectivity index (χ1) is 9.22. The minimum absolute atomic E-state index is 0.0136. The predicted molar refractivity (Wildman–Crippen MR) is 72.6 cm³/mol. The highest BCUT2D eigenvalue weighted by Gasteiger charge is 2.22. The summed E-state index contributed by atoms with van der Waals surface area (Å²) in [5.74, 6) is 0. The third kappa shape index (κ3) is 5.18. The molecule has 0 spiro atoms. The van der Waals surface area contributed by atoms with Crippen LogP contribution in [0.15, 0.2) is 29.2 Å². The van der Waals surface area contributed by atoms with Crippen LogP contribution in [0.25, 0.3) is 0 Å². The van der Waals surface area contributed by atoms with E-state index in [0.29, 0.717) is 0 Å². The van der Waals surface area contributed by atoms with Crippen LogP contribution in [0.4, 0.5) is 0 Å². The summed E-state index contributed by atoms with van der Waals surface area (Å²) in [6.45, 7) is 2.72. The number of aliphatic hydroxyl groups excluding tert-OH is 3. The fraction of sp³-hybridized carbons (Fsp3) is 0.538. The Morgan fingerprint density at radius 1 is 1.10 bits per heavy atom. The van der Waals surface area contributed by atoms with Crippen molar-refractivity contribution >= 4 is 10.1 Å². The summed E-state index contributed by atoms with van der Waals surface area (Å²) >= 11 is 0. The molecule has 0 saturated carbocycles. The highest BCUT2D eigenvalue weighted by molar-refractivity contribution is 7.86. The average molecular weight is 304 g/mol. The van der Waals surface area contributed by atoms with Crippen LogP contribution < -0.4 is 0 Å². The van der Waals surface area contributed by atoms with Crippen molar-refractivity contribution in [2.75, 3.05) is 6.61 Å². The number of hydrogen-bond acceptors (Lipinski definition) is 6. The topological polar surface area (TPSA) is 104 Å². The predicted octanol–water partition coefficient (Wildman–Crippen LogP) is 0.193. The molecule has 0 amide bonds. The smallest absolute Gasteiger partial charge is 0.297 e. The van der Waals surface area contributed by atoms with Gasteiger partial charge >= 0.3 is 0 Å². The van der Waals surface area contributed by atoms with Gasteiger partial charge in [0.05, 0.1) is 23.7 Å². The Labute approximate surface area is 118 Å². The third-order valence-electron chi connectivity index (χ3n) is 2.73. The van der Waals surface area contributed by atoms with Crippen molar-refractivity contribution < 1.29 is 27.9 Å². The molecule has 0 aliphatic carbocycles. The molecule has 3 N–H and O–H groups in total. The van der Waals surface area contributed by atoms with Gasteiger partial charge in [-0.15, -0.1) is 0 Å². The molecule has 0 saturated heterocycles. The zero-order valence-electron chi connectivity index (χ0n) is 11.4. The molecular weight excluding hydrogens is 284 g/mol. The van der Waals surface area contributed by atoms with Crippen LogP contribution in [0.5, 0.6) is 0 Å². The Hall–Kier alpha value is -0.990. The molecule has 114 valence electrons. The average Bonchev–Trinajstić information content (AvgIpc) is 2.35. The number of hydrogen-bond donors (Lipinski definition) is 3. The van der Waals surface area contributed by atoms with E-state index in [9.17, 15) is 18.6 Å². The Balaban J connectivity index is 2.61. The summed E-state index contributed by atoms with van der Waals surface area (Å²) in [7, 11) is -3.97. The Bertz CT molecular complexity index is 508. The standard InChI is InChI=1S/C13H20O6S/c1-9-3-5-11(6-4-9)20(17,18)19-8-13(16)12(15)7-10(2)14/h3-6,10,12-16H,7-8H2,1-2H3/t10-,12?,13?/m1/s1. The first-order valence-electron chi connectivity index (χ1n) is 6.22. The molecule has 0 radical (unpaired) electrons. The zero-order valence-corrected chi connectivity index (χ0v) is 12.2. The van der Waals surface area contributed by atoms with Gasteiger partial charge in [0.1, 0.15) is 6.10 Å². The quantitative estimate of drug-likeness (QED) is 0.621. The van der Waals surface area contributed by atoms with Gasteiger partial charge in [0, 0.05) is 6.42 Å². The van der Waals surface area contributed by atoms with Crippen LogP contribution in [-0.4, -0.2) is 48.7 Å². The van der Waals surface area contributed by atoms with E-state index in [1.54, 1.807) is 12.1 Å². The highest BCUT2D eigenvalue weighted by atomic mass is 32.2. The normalized spacial score (nSPS) is 16.6. The van der Waals surface area contributed by atoms with Crippen LogP contribution in [-0.2, 0) is 14.3 Å². The van der Waals surface area contributed by atoms with Crippen LogP contribution >= 0.6 is 0 Å². The van der Waals surface area contributed by atoms with Gasteiger partial charge in [-0.3, -0.25) is 4.18 Å². The fourth-order valence-corrected chi connectivity index (χ4v) is 2.47. The van der Waals surface area contributed by atoms with Gasteiger partial charge in [-0.1, -0.05) is 17.7 Å². The van der Waals surface area contributed by atoms with Crippen molar-refractivity contribution in [3.8, 4) is 0 Å². The Morgan fingerprint density at radius 2 is 1.65 bits per heavy atom. The van der Waals surface area contributed by atoms with E-state index in [2.05, 4.69) is 0 Å². The van der Waals surface area contributed by atoms with Crippen LogP contribution in [0, 0.1) is 6.92 Å². The Kier molecular flexibility index (Phi) is 6.09. The lowest BCUT2D eigenvalue weighted by Crippen LogP contribution is -2.33. The molecule has 0 bridgehead atoms. The van der Waals surface area contributed by atoms with Crippen molar-refractivity contribution in [2.24, 2.45) is 0 Å². The zero-order chi connectivity index (χ0) is 15.3. The summed E-state index contributed by atoms with van der Waals surface area (Å²) in [6.07, 6.45) is -3.49. The molecule has 1 aromatic carbocycles. The first kappa shape index (κ1) is 17.1. The molecule has 6 nitrogen and oxygen atoms in total. The molecule has 0 aliphatic rings. The summed E-state index contributed by atoms with van der Waals surface area (Å²) in [5, 5.41) is 28.2. The van der Waals surface area contributed by atoms with E-state index in [1.165, 1.54) is 19.1 Å². The molecule has 1 aromatic rings. The summed E-state index contributed by atoms with van der Waals surface area (Å²) < 4.78 is 28.4. The van der Waals surface area contributed by atoms with Gasteiger partial charge < -0.3 is 15.3 Å². The molecule has 0 heterocycles. The molecular formula is C13H20O6S. The van der Waals surface area contributed by atoms with Gasteiger partial charge in [-0.25, -0.2) is 0 Å². The van der Waals surface area contributed by atoms with E-state index >= 15 is 0 Å². The van der Waals surface area contributed by atoms with E-state index in [-0.39, 0.29) is 11.3 Å². The minimum atomic E-state index is -3.97. The Morgan fingerprint density at radius 3 is 2.15 bits per heavy atom. The number of benzene rings is 1. The lowest BCUT2D eigenvalue weighted by Gasteiger charge is -2.18. The largest absolute Gasteiger partial charge is 0.393 e. The molecule has 3 atom stereocenters. The van der Waals surface area contributed by atoms with Crippen molar-refractivity contribution in [2.45, 2.75) is 43.5 Å². The second-order valence-electron chi connectivity index (χ2n) is 4.77. The molecule has 7 heteroatoms. The van der Waals surface area contributed by atoms with Gasteiger partial charge in [-0.2, -0.15) is 8.42 Å². The SMILES string of the molecule is Cc1ccc(S(=O)(=O)OCC(O)C(O)C[C@@H](C)O)cc1. The van der Waals surface area contributed by atoms with Gasteiger partial charge in [0.2, 0.25) is 0 Å². The monoisotopic (exact) mass is 304 g/mol. The fourth-order valence-electron chi connectivity index (χ4n) is 1.55. The van der Waals surface area contributed by atoms with Gasteiger partial charge in [0.15, 0.2) is 0 Å². The molecule has 20 heavy (non-hydrogen) atoms. The van der Waals surface area contributed by atoms with Crippen molar-refractivity contribution in [3.05, 3.63) is 29.8 Å². The molecule has 1 rings (SSSR count). The molecule has 0 aliphatic heterocycles. The van der Waals surface area contributed by atoms with Crippen LogP contribution in [0.3, 0.4) is 0 Å². The summed E-state index contributed by atoms with van der Waals surface area (Å²) in [5.41, 5.74) is 0.913. The third-order valence-corrected chi connectivity index (χ3v) is 4.03. The molecule has 0 fully saturated rings. The maximum atomic E-state index is 11.8. The lowest BCUT2D eigenvalue weighted by atomic mass is 10.1. The van der Waals surface area contributed by atoms with Crippen LogP contribution in [0.2, 0.25) is 0 Å². The molecule has 2 unspecified atom stereocenters. The van der Waals surface area contributed by atoms with Gasteiger partial charge in [0.25, 0.3) is 10.1 Å². The second-order valence-corrected chi connectivity index (χ2v) is 6.39. The van der Waals surface area contributed by atoms with E-state index < -0.39 is 35.0 Å². The van der Waals surface area contributed by atoms with Crippen molar-refractivity contribution in [1.29, 1.82) is 0 Å². The maximum absolute atomic E-state index is 11.8. The number of aryl methyl sites for hydroxylation is 1. The number of aliphatic hydroxyl groups is 3. The second kappa shape index (κ2) is 7.14. The minimum Gasteiger partial charge on any atom is -0.393 e. The maximum Gasteiger partial charge on any atom is 0.297 e. The number of rotatable bonds is 7. The summed E-state index contributed by atoms with van der Waals surface area (Å²) in [6, 6.07) is 6.08. The highest BCUT2D eigenvalue weighted by Crippen LogP contribution is 2.14. The van der Waals surface area contributed by atoms with Crippen molar-refractivity contribution in [1.82, 2.24) is 0 Å².